The zero-order valence-electron chi connectivity index (χ0n) is 17.0. The van der Waals surface area contributed by atoms with Crippen molar-refractivity contribution in [3.05, 3.63) is 76.4 Å². The lowest BCUT2D eigenvalue weighted by molar-refractivity contribution is -0.127. The number of benzene rings is 1. The van der Waals surface area contributed by atoms with Gasteiger partial charge in [-0.2, -0.15) is 0 Å². The molecular weight excluding hydrogens is 396 g/mol. The number of rotatable bonds is 7. The summed E-state index contributed by atoms with van der Waals surface area (Å²) in [6, 6.07) is 16.2. The maximum absolute atomic E-state index is 13.5. The van der Waals surface area contributed by atoms with Crippen molar-refractivity contribution in [1.82, 2.24) is 5.32 Å². The van der Waals surface area contributed by atoms with Crippen LogP contribution in [0.15, 0.2) is 64.4 Å². The molecule has 2 heterocycles. The highest BCUT2D eigenvalue weighted by atomic mass is 32.1. The molecule has 0 aliphatic heterocycles. The number of aryl methyl sites for hydroxylation is 1. The van der Waals surface area contributed by atoms with Gasteiger partial charge in [0.25, 0.3) is 5.91 Å². The van der Waals surface area contributed by atoms with Gasteiger partial charge in [-0.05, 0) is 55.5 Å². The number of nitrogens with one attached hydrogen (secondary N) is 1. The highest BCUT2D eigenvalue weighted by Crippen LogP contribution is 2.31. The molecule has 1 atom stereocenters. The number of hydrogen-bond donors (Lipinski definition) is 1. The Morgan fingerprint density at radius 1 is 1.10 bits per heavy atom. The van der Waals surface area contributed by atoms with Crippen molar-refractivity contribution in [1.29, 1.82) is 0 Å². The smallest absolute Gasteiger partial charge is 0.251 e. The van der Waals surface area contributed by atoms with E-state index in [4.69, 9.17) is 4.42 Å². The first-order valence-electron chi connectivity index (χ1n) is 10.4. The Bertz CT molecular complexity index is 975. The Morgan fingerprint density at radius 2 is 1.87 bits per heavy atom. The molecule has 2 aromatic heterocycles. The average Bonchev–Trinajstić information content (AvgIpc) is 3.50. The Hall–Kier alpha value is -2.86. The summed E-state index contributed by atoms with van der Waals surface area (Å²) in [6.45, 7) is 1.84. The van der Waals surface area contributed by atoms with Crippen LogP contribution in [-0.4, -0.2) is 17.9 Å². The van der Waals surface area contributed by atoms with Crippen LogP contribution in [0.1, 0.15) is 48.1 Å². The maximum atomic E-state index is 13.5. The molecule has 2 amide bonds. The molecule has 1 saturated carbocycles. The van der Waals surface area contributed by atoms with Crippen LogP contribution in [0, 0.1) is 6.92 Å². The molecule has 1 aliphatic carbocycles. The van der Waals surface area contributed by atoms with Crippen molar-refractivity contribution in [2.45, 2.75) is 51.1 Å². The van der Waals surface area contributed by atoms with Gasteiger partial charge in [0, 0.05) is 16.6 Å². The van der Waals surface area contributed by atoms with Gasteiger partial charge in [-0.25, -0.2) is 0 Å². The van der Waals surface area contributed by atoms with E-state index in [1.807, 2.05) is 60.8 Å². The monoisotopic (exact) mass is 422 g/mol. The zero-order valence-corrected chi connectivity index (χ0v) is 17.9. The summed E-state index contributed by atoms with van der Waals surface area (Å²) < 4.78 is 5.87. The summed E-state index contributed by atoms with van der Waals surface area (Å²) >= 11 is 1.54. The van der Waals surface area contributed by atoms with E-state index in [2.05, 4.69) is 5.32 Å². The first-order chi connectivity index (χ1) is 14.6. The Balaban J connectivity index is 1.71. The molecule has 6 heteroatoms. The van der Waals surface area contributed by atoms with E-state index in [9.17, 15) is 9.59 Å². The number of hydrogen-bond acceptors (Lipinski definition) is 4. The number of amides is 2. The fourth-order valence-corrected chi connectivity index (χ4v) is 4.69. The van der Waals surface area contributed by atoms with Crippen molar-refractivity contribution >= 4 is 28.8 Å². The summed E-state index contributed by atoms with van der Waals surface area (Å²) in [5.41, 5.74) is 0.680. The van der Waals surface area contributed by atoms with Crippen molar-refractivity contribution in [2.24, 2.45) is 0 Å². The number of para-hydroxylation sites is 1. The second-order valence-electron chi connectivity index (χ2n) is 7.70. The van der Waals surface area contributed by atoms with Gasteiger partial charge in [-0.15, -0.1) is 11.3 Å². The highest BCUT2D eigenvalue weighted by molar-refractivity contribution is 7.10. The van der Waals surface area contributed by atoms with Gasteiger partial charge in [0.1, 0.15) is 11.5 Å². The molecule has 156 valence electrons. The summed E-state index contributed by atoms with van der Waals surface area (Å²) in [5, 5.41) is 5.11. The third-order valence-electron chi connectivity index (χ3n) is 5.45. The molecule has 1 fully saturated rings. The van der Waals surface area contributed by atoms with Crippen molar-refractivity contribution < 1.29 is 14.0 Å². The van der Waals surface area contributed by atoms with E-state index in [0.29, 0.717) is 17.2 Å². The molecule has 0 saturated heterocycles. The van der Waals surface area contributed by atoms with E-state index in [-0.39, 0.29) is 24.3 Å². The third-order valence-corrected chi connectivity index (χ3v) is 6.32. The van der Waals surface area contributed by atoms with Crippen molar-refractivity contribution in [3.8, 4) is 0 Å². The van der Waals surface area contributed by atoms with Crippen LogP contribution in [0.3, 0.4) is 0 Å². The number of carbonyl (C=O) groups excluding carboxylic acids is 2. The van der Waals surface area contributed by atoms with Gasteiger partial charge >= 0.3 is 0 Å². The SMILES string of the molecule is Cc1ccc([C@H](C(=O)NC2CCCC2)N(C(=O)Cc2cccs2)c2ccccc2)o1. The molecule has 1 aliphatic rings. The summed E-state index contributed by atoms with van der Waals surface area (Å²) in [4.78, 5) is 29.5. The van der Waals surface area contributed by atoms with Crippen LogP contribution in [0.25, 0.3) is 0 Å². The van der Waals surface area contributed by atoms with Gasteiger partial charge in [0.2, 0.25) is 5.91 Å². The van der Waals surface area contributed by atoms with Crippen LogP contribution in [0.4, 0.5) is 5.69 Å². The fourth-order valence-electron chi connectivity index (χ4n) is 4.00. The Labute approximate surface area is 180 Å². The van der Waals surface area contributed by atoms with Crippen LogP contribution in [0.5, 0.6) is 0 Å². The van der Waals surface area contributed by atoms with E-state index >= 15 is 0 Å². The second kappa shape index (κ2) is 9.30. The summed E-state index contributed by atoms with van der Waals surface area (Å²) in [7, 11) is 0. The molecule has 0 radical (unpaired) electrons. The van der Waals surface area contributed by atoms with E-state index in [1.165, 1.54) is 11.3 Å². The lowest BCUT2D eigenvalue weighted by Gasteiger charge is -2.31. The highest BCUT2D eigenvalue weighted by Gasteiger charge is 2.36. The predicted molar refractivity (Wildman–Crippen MR) is 119 cm³/mol. The molecule has 4 rings (SSSR count). The first kappa shape index (κ1) is 20.4. The van der Waals surface area contributed by atoms with Gasteiger partial charge in [-0.3, -0.25) is 14.5 Å². The minimum Gasteiger partial charge on any atom is -0.464 e. The van der Waals surface area contributed by atoms with Gasteiger partial charge < -0.3 is 9.73 Å². The fraction of sp³-hybridized carbons (Fsp3) is 0.333. The number of nitrogens with zero attached hydrogens (tertiary/aromatic N) is 1. The van der Waals surface area contributed by atoms with Crippen molar-refractivity contribution in [2.75, 3.05) is 4.90 Å². The molecule has 1 aromatic carbocycles. The predicted octanol–water partition coefficient (Wildman–Crippen LogP) is 5.03. The third kappa shape index (κ3) is 4.65. The normalized spacial score (nSPS) is 15.1. The maximum Gasteiger partial charge on any atom is 0.251 e. The largest absolute Gasteiger partial charge is 0.464 e. The summed E-state index contributed by atoms with van der Waals surface area (Å²) in [5.74, 6) is 0.859. The molecule has 5 nitrogen and oxygen atoms in total. The molecular formula is C24H26N2O3S. The molecule has 3 aromatic rings. The van der Waals surface area contributed by atoms with Crippen molar-refractivity contribution in [3.63, 3.8) is 0 Å². The zero-order chi connectivity index (χ0) is 20.9. The van der Waals surface area contributed by atoms with Crippen LogP contribution < -0.4 is 10.2 Å². The number of furan rings is 1. The van der Waals surface area contributed by atoms with E-state index < -0.39 is 6.04 Å². The van der Waals surface area contributed by atoms with Gasteiger partial charge in [0.05, 0.1) is 6.42 Å². The Kier molecular flexibility index (Phi) is 6.33. The minimum atomic E-state index is -0.853. The van der Waals surface area contributed by atoms with Gasteiger partial charge in [0.15, 0.2) is 6.04 Å². The quantitative estimate of drug-likeness (QED) is 0.581. The van der Waals surface area contributed by atoms with Crippen LogP contribution in [-0.2, 0) is 16.0 Å². The lowest BCUT2D eigenvalue weighted by Crippen LogP contribution is -2.46. The minimum absolute atomic E-state index is 0.135. The van der Waals surface area contributed by atoms with E-state index in [0.717, 1.165) is 30.6 Å². The number of anilines is 1. The molecule has 0 unspecified atom stereocenters. The van der Waals surface area contributed by atoms with Crippen LogP contribution >= 0.6 is 11.3 Å². The average molecular weight is 423 g/mol. The first-order valence-corrected chi connectivity index (χ1v) is 11.3. The van der Waals surface area contributed by atoms with Gasteiger partial charge in [-0.1, -0.05) is 37.1 Å². The topological polar surface area (TPSA) is 62.6 Å². The van der Waals surface area contributed by atoms with E-state index in [1.54, 1.807) is 11.0 Å². The molecule has 30 heavy (non-hydrogen) atoms. The van der Waals surface area contributed by atoms with Crippen LogP contribution in [0.2, 0.25) is 0 Å². The lowest BCUT2D eigenvalue weighted by atomic mass is 10.1. The molecule has 1 N–H and O–H groups in total. The summed E-state index contributed by atoms with van der Waals surface area (Å²) in [6.07, 6.45) is 4.43. The molecule has 0 bridgehead atoms. The standard InChI is InChI=1S/C24H26N2O3S/c1-17-13-14-21(29-17)23(24(28)25-18-8-5-6-9-18)26(19-10-3-2-4-11-19)22(27)16-20-12-7-15-30-20/h2-4,7,10-15,18,23H,5-6,8-9,16H2,1H3,(H,25,28)/t23-/m1/s1. The Morgan fingerprint density at radius 3 is 2.50 bits per heavy atom. The molecule has 0 spiro atoms. The number of thiophene rings is 1. The second-order valence-corrected chi connectivity index (χ2v) is 8.73. The number of carbonyl (C=O) groups is 2.